The number of nitrogens with one attached hydrogen (secondary N) is 1. The monoisotopic (exact) mass is 422 g/mol. The van der Waals surface area contributed by atoms with Gasteiger partial charge in [-0.25, -0.2) is 13.8 Å². The Balaban J connectivity index is 1.68. The average molecular weight is 422 g/mol. The van der Waals surface area contributed by atoms with E-state index in [9.17, 15) is 14.0 Å². The van der Waals surface area contributed by atoms with Crippen LogP contribution in [0.4, 0.5) is 20.4 Å². The van der Waals surface area contributed by atoms with Gasteiger partial charge in [-0.05, 0) is 44.0 Å². The first kappa shape index (κ1) is 20.9. The number of nitriles is 1. The number of hydrogen-bond acceptors (Lipinski definition) is 6. The fourth-order valence-corrected chi connectivity index (χ4v) is 4.03. The van der Waals surface area contributed by atoms with Gasteiger partial charge in [-0.2, -0.15) is 10.4 Å². The van der Waals surface area contributed by atoms with Crippen LogP contribution in [0.15, 0.2) is 30.5 Å². The molecule has 1 aromatic carbocycles. The predicted molar refractivity (Wildman–Crippen MR) is 116 cm³/mol. The molecule has 8 heteroatoms. The highest BCUT2D eigenvalue weighted by Crippen LogP contribution is 2.33. The van der Waals surface area contributed by atoms with Crippen LogP contribution < -0.4 is 10.2 Å². The minimum atomic E-state index is -2.60. The molecule has 3 heterocycles. The maximum absolute atomic E-state index is 13.6. The van der Waals surface area contributed by atoms with E-state index >= 15 is 0 Å². The number of nitrogens with zero attached hydrogens (tertiary/aromatic N) is 5. The van der Waals surface area contributed by atoms with E-state index in [2.05, 4.69) is 26.6 Å². The number of rotatable bonds is 4. The molecular weight excluding hydrogens is 398 g/mol. The molecular formula is C23H24F2N6. The van der Waals surface area contributed by atoms with Crippen molar-refractivity contribution in [3.05, 3.63) is 52.8 Å². The molecule has 160 valence electrons. The molecule has 1 aliphatic heterocycles. The summed E-state index contributed by atoms with van der Waals surface area (Å²) in [6, 6.07) is 9.65. The highest BCUT2D eigenvalue weighted by Gasteiger charge is 2.34. The SMILES string of the molecule is Cc1c(C#N)cccc1[C@@H](C)Nc1nnc(C)c2cnc(N3CCC(F)(F)CC3)cc12. The minimum Gasteiger partial charge on any atom is -0.362 e. The summed E-state index contributed by atoms with van der Waals surface area (Å²) in [6.45, 7) is 6.33. The topological polar surface area (TPSA) is 77.7 Å². The van der Waals surface area contributed by atoms with Gasteiger partial charge in [-0.3, -0.25) is 0 Å². The van der Waals surface area contributed by atoms with E-state index in [0.717, 1.165) is 27.6 Å². The van der Waals surface area contributed by atoms with Gasteiger partial charge in [0.1, 0.15) is 5.82 Å². The number of aryl methyl sites for hydroxylation is 1. The van der Waals surface area contributed by atoms with Crippen LogP contribution in [-0.2, 0) is 0 Å². The highest BCUT2D eigenvalue weighted by atomic mass is 19.3. The van der Waals surface area contributed by atoms with Crippen LogP contribution in [0.25, 0.3) is 10.8 Å². The number of pyridine rings is 1. The lowest BCUT2D eigenvalue weighted by atomic mass is 9.98. The van der Waals surface area contributed by atoms with Crippen LogP contribution in [0.5, 0.6) is 0 Å². The van der Waals surface area contributed by atoms with Crippen LogP contribution in [-0.4, -0.2) is 34.2 Å². The van der Waals surface area contributed by atoms with Crippen LogP contribution in [0.1, 0.15) is 48.2 Å². The normalized spacial score (nSPS) is 16.7. The quantitative estimate of drug-likeness (QED) is 0.643. The van der Waals surface area contributed by atoms with E-state index in [4.69, 9.17) is 0 Å². The molecule has 2 aromatic heterocycles. The smallest absolute Gasteiger partial charge is 0.251 e. The van der Waals surface area contributed by atoms with Crippen LogP contribution in [0.2, 0.25) is 0 Å². The summed E-state index contributed by atoms with van der Waals surface area (Å²) in [6.07, 6.45) is 1.40. The minimum absolute atomic E-state index is 0.112. The van der Waals surface area contributed by atoms with Crippen molar-refractivity contribution >= 4 is 22.4 Å². The van der Waals surface area contributed by atoms with E-state index < -0.39 is 5.92 Å². The van der Waals surface area contributed by atoms with Gasteiger partial charge < -0.3 is 10.2 Å². The van der Waals surface area contributed by atoms with Crippen molar-refractivity contribution in [3.8, 4) is 6.07 Å². The third-order valence-electron chi connectivity index (χ3n) is 5.97. The summed E-state index contributed by atoms with van der Waals surface area (Å²) in [5, 5.41) is 23.1. The molecule has 0 unspecified atom stereocenters. The first-order chi connectivity index (χ1) is 14.8. The molecule has 0 bridgehead atoms. The second-order valence-electron chi connectivity index (χ2n) is 8.06. The molecule has 0 radical (unpaired) electrons. The molecule has 6 nitrogen and oxygen atoms in total. The Morgan fingerprint density at radius 1 is 1.16 bits per heavy atom. The van der Waals surface area contributed by atoms with Crippen molar-refractivity contribution in [3.63, 3.8) is 0 Å². The van der Waals surface area contributed by atoms with E-state index in [1.165, 1.54) is 0 Å². The number of alkyl halides is 2. The number of benzene rings is 1. The summed E-state index contributed by atoms with van der Waals surface area (Å²) in [5.41, 5.74) is 3.31. The van der Waals surface area contributed by atoms with Gasteiger partial charge in [0.2, 0.25) is 0 Å². The first-order valence-electron chi connectivity index (χ1n) is 10.3. The largest absolute Gasteiger partial charge is 0.362 e. The zero-order chi connectivity index (χ0) is 22.2. The summed E-state index contributed by atoms with van der Waals surface area (Å²) >= 11 is 0. The standard InChI is InChI=1S/C23H24F2N6/c1-14-17(12-26)5-4-6-18(14)15(2)28-22-19-11-21(27-13-20(19)16(3)29-30-22)31-9-7-23(24,25)8-10-31/h4-6,11,13,15H,7-10H2,1-3H3,(H,28,30)/t15-/m1/s1. The van der Waals surface area contributed by atoms with Gasteiger partial charge in [0.05, 0.1) is 23.4 Å². The first-order valence-corrected chi connectivity index (χ1v) is 10.3. The van der Waals surface area contributed by atoms with Gasteiger partial charge in [-0.15, -0.1) is 5.10 Å². The van der Waals surface area contributed by atoms with Crippen molar-refractivity contribution in [1.82, 2.24) is 15.2 Å². The van der Waals surface area contributed by atoms with Crippen molar-refractivity contribution in [1.29, 1.82) is 5.26 Å². The number of aromatic nitrogens is 3. The van der Waals surface area contributed by atoms with Gasteiger partial charge in [-0.1, -0.05) is 12.1 Å². The maximum atomic E-state index is 13.6. The summed E-state index contributed by atoms with van der Waals surface area (Å²) in [5.74, 6) is -1.34. The molecule has 1 fully saturated rings. The van der Waals surface area contributed by atoms with Gasteiger partial charge in [0.15, 0.2) is 5.82 Å². The molecule has 0 aliphatic carbocycles. The van der Waals surface area contributed by atoms with E-state index in [1.54, 1.807) is 12.3 Å². The Morgan fingerprint density at radius 2 is 1.90 bits per heavy atom. The molecule has 0 spiro atoms. The van der Waals surface area contributed by atoms with Crippen molar-refractivity contribution < 1.29 is 8.78 Å². The van der Waals surface area contributed by atoms with Crippen LogP contribution in [0, 0.1) is 25.2 Å². The molecule has 1 N–H and O–H groups in total. The second kappa shape index (κ2) is 8.06. The maximum Gasteiger partial charge on any atom is 0.251 e. The molecule has 0 amide bonds. The van der Waals surface area contributed by atoms with Gasteiger partial charge >= 0.3 is 0 Å². The Bertz CT molecular complexity index is 1160. The van der Waals surface area contributed by atoms with E-state index in [0.29, 0.717) is 17.2 Å². The second-order valence-corrected chi connectivity index (χ2v) is 8.06. The zero-order valence-corrected chi connectivity index (χ0v) is 17.8. The summed E-state index contributed by atoms with van der Waals surface area (Å²) < 4.78 is 27.1. The third-order valence-corrected chi connectivity index (χ3v) is 5.97. The molecule has 31 heavy (non-hydrogen) atoms. The molecule has 3 aromatic rings. The third kappa shape index (κ3) is 4.13. The van der Waals surface area contributed by atoms with Crippen molar-refractivity contribution in [2.24, 2.45) is 0 Å². The Labute approximate surface area is 179 Å². The molecule has 1 aliphatic rings. The van der Waals surface area contributed by atoms with Crippen molar-refractivity contribution in [2.75, 3.05) is 23.3 Å². The molecule has 1 saturated heterocycles. The predicted octanol–water partition coefficient (Wildman–Crippen LogP) is 4.92. The molecule has 1 atom stereocenters. The fourth-order valence-electron chi connectivity index (χ4n) is 4.03. The zero-order valence-electron chi connectivity index (χ0n) is 17.8. The summed E-state index contributed by atoms with van der Waals surface area (Å²) in [4.78, 5) is 6.39. The summed E-state index contributed by atoms with van der Waals surface area (Å²) in [7, 11) is 0. The number of halogens is 2. The number of hydrogen-bond donors (Lipinski definition) is 1. The fraction of sp³-hybridized carbons (Fsp3) is 0.391. The van der Waals surface area contributed by atoms with Crippen LogP contribution in [0.3, 0.4) is 0 Å². The number of piperidine rings is 1. The Kier molecular flexibility index (Phi) is 5.44. The highest BCUT2D eigenvalue weighted by molar-refractivity contribution is 5.94. The number of fused-ring (bicyclic) bond motifs is 1. The molecule has 4 rings (SSSR count). The van der Waals surface area contributed by atoms with Crippen LogP contribution >= 0.6 is 0 Å². The Morgan fingerprint density at radius 3 is 2.61 bits per heavy atom. The molecule has 0 saturated carbocycles. The van der Waals surface area contributed by atoms with Crippen molar-refractivity contribution in [2.45, 2.75) is 45.6 Å². The lowest BCUT2D eigenvalue weighted by Crippen LogP contribution is -2.39. The van der Waals surface area contributed by atoms with Gasteiger partial charge in [0, 0.05) is 42.9 Å². The van der Waals surface area contributed by atoms with E-state index in [1.807, 2.05) is 43.9 Å². The Hall–Kier alpha value is -3.34. The van der Waals surface area contributed by atoms with E-state index in [-0.39, 0.29) is 32.0 Å². The average Bonchev–Trinajstić information content (AvgIpc) is 2.75. The number of anilines is 2. The van der Waals surface area contributed by atoms with Gasteiger partial charge in [0.25, 0.3) is 5.92 Å². The lowest BCUT2D eigenvalue weighted by molar-refractivity contribution is -0.0221. The lowest BCUT2D eigenvalue weighted by Gasteiger charge is -2.32.